The molecule has 0 radical (unpaired) electrons. The van der Waals surface area contributed by atoms with Crippen molar-refractivity contribution in [3.8, 4) is 17.6 Å². The normalized spacial score (nSPS) is 11.5. The van der Waals surface area contributed by atoms with Crippen LogP contribution >= 0.6 is 0 Å². The van der Waals surface area contributed by atoms with Gasteiger partial charge in [0.15, 0.2) is 11.5 Å². The second-order valence-corrected chi connectivity index (χ2v) is 4.55. The van der Waals surface area contributed by atoms with E-state index in [1.54, 1.807) is 30.3 Å². The van der Waals surface area contributed by atoms with Crippen LogP contribution in [0.2, 0.25) is 0 Å². The van der Waals surface area contributed by atoms with Crippen molar-refractivity contribution in [3.63, 3.8) is 0 Å². The van der Waals surface area contributed by atoms with E-state index in [1.807, 2.05) is 13.0 Å². The number of nitriles is 1. The van der Waals surface area contributed by atoms with Crippen molar-refractivity contribution >= 4 is 0 Å². The van der Waals surface area contributed by atoms with E-state index in [4.69, 9.17) is 14.7 Å². The highest BCUT2D eigenvalue weighted by molar-refractivity contribution is 5.46. The van der Waals surface area contributed by atoms with E-state index in [9.17, 15) is 9.50 Å². The van der Waals surface area contributed by atoms with Crippen LogP contribution in [-0.4, -0.2) is 18.3 Å². The number of ether oxygens (including phenoxy) is 2. The van der Waals surface area contributed by atoms with Crippen molar-refractivity contribution in [2.24, 2.45) is 0 Å². The highest BCUT2D eigenvalue weighted by Crippen LogP contribution is 2.29. The molecule has 5 heteroatoms. The zero-order valence-corrected chi connectivity index (χ0v) is 12.1. The van der Waals surface area contributed by atoms with Crippen LogP contribution < -0.4 is 9.47 Å². The predicted octanol–water partition coefficient (Wildman–Crippen LogP) is 3.21. The molecule has 114 valence electrons. The molecule has 0 saturated carbocycles. The minimum atomic E-state index is -1.09. The first-order chi connectivity index (χ1) is 10.7. The molecule has 4 nitrogen and oxygen atoms in total. The van der Waals surface area contributed by atoms with Crippen molar-refractivity contribution in [2.75, 3.05) is 13.2 Å². The fourth-order valence-electron chi connectivity index (χ4n) is 1.97. The minimum Gasteiger partial charge on any atom is -0.490 e. The molecule has 2 aromatic rings. The van der Waals surface area contributed by atoms with Gasteiger partial charge in [-0.3, -0.25) is 0 Å². The molecule has 1 atom stereocenters. The zero-order valence-electron chi connectivity index (χ0n) is 12.1. The van der Waals surface area contributed by atoms with Crippen molar-refractivity contribution in [1.82, 2.24) is 0 Å². The van der Waals surface area contributed by atoms with Crippen molar-refractivity contribution in [3.05, 3.63) is 59.4 Å². The standard InChI is InChI=1S/C17H16FNO3/c1-2-21-17-9-12(10-19)7-8-16(17)22-11-15(20)13-5-3-4-6-14(13)18/h3-9,15,20H,2,11H2,1H3/t15-/m1/s1. The molecule has 0 aromatic heterocycles. The maximum atomic E-state index is 13.6. The number of halogens is 1. The van der Waals surface area contributed by atoms with Crippen LogP contribution in [0.25, 0.3) is 0 Å². The molecule has 0 aliphatic rings. The van der Waals surface area contributed by atoms with Gasteiger partial charge in [0.25, 0.3) is 0 Å². The lowest BCUT2D eigenvalue weighted by molar-refractivity contribution is 0.103. The molecule has 2 aromatic carbocycles. The number of hydrogen-bond acceptors (Lipinski definition) is 4. The molecule has 0 spiro atoms. The van der Waals surface area contributed by atoms with Crippen molar-refractivity contribution in [1.29, 1.82) is 5.26 Å². The van der Waals surface area contributed by atoms with E-state index in [1.165, 1.54) is 12.1 Å². The molecule has 22 heavy (non-hydrogen) atoms. The van der Waals surface area contributed by atoms with Crippen LogP contribution in [-0.2, 0) is 0 Å². The highest BCUT2D eigenvalue weighted by Gasteiger charge is 2.14. The lowest BCUT2D eigenvalue weighted by atomic mass is 10.1. The number of benzene rings is 2. The summed E-state index contributed by atoms with van der Waals surface area (Å²) in [6.45, 7) is 2.12. The Labute approximate surface area is 128 Å². The summed E-state index contributed by atoms with van der Waals surface area (Å²) in [5.74, 6) is 0.335. The van der Waals surface area contributed by atoms with Crippen LogP contribution in [0.5, 0.6) is 11.5 Å². The van der Waals surface area contributed by atoms with Gasteiger partial charge in [-0.25, -0.2) is 4.39 Å². The first-order valence-electron chi connectivity index (χ1n) is 6.88. The number of hydrogen-bond donors (Lipinski definition) is 1. The number of rotatable bonds is 6. The third-order valence-corrected chi connectivity index (χ3v) is 3.03. The Balaban J connectivity index is 2.11. The largest absolute Gasteiger partial charge is 0.490 e. The van der Waals surface area contributed by atoms with Gasteiger partial charge in [0.1, 0.15) is 18.5 Å². The van der Waals surface area contributed by atoms with E-state index in [2.05, 4.69) is 0 Å². The Morgan fingerprint density at radius 1 is 1.18 bits per heavy atom. The first-order valence-corrected chi connectivity index (χ1v) is 6.88. The molecule has 0 unspecified atom stereocenters. The molecule has 0 heterocycles. The smallest absolute Gasteiger partial charge is 0.162 e. The number of aliphatic hydroxyl groups is 1. The molecule has 0 aliphatic heterocycles. The van der Waals surface area contributed by atoms with Crippen LogP contribution in [0.15, 0.2) is 42.5 Å². The molecule has 0 fully saturated rings. The van der Waals surface area contributed by atoms with Gasteiger partial charge in [0.2, 0.25) is 0 Å². The van der Waals surface area contributed by atoms with Gasteiger partial charge in [0.05, 0.1) is 18.2 Å². The minimum absolute atomic E-state index is 0.118. The molecule has 0 aliphatic carbocycles. The van der Waals surface area contributed by atoms with Gasteiger partial charge in [-0.05, 0) is 25.1 Å². The summed E-state index contributed by atoms with van der Waals surface area (Å²) in [6, 6.07) is 12.8. The van der Waals surface area contributed by atoms with Crippen LogP contribution in [0.3, 0.4) is 0 Å². The summed E-state index contributed by atoms with van der Waals surface area (Å²) in [7, 11) is 0. The summed E-state index contributed by atoms with van der Waals surface area (Å²) in [4.78, 5) is 0. The number of nitrogens with zero attached hydrogens (tertiary/aromatic N) is 1. The molecule has 0 bridgehead atoms. The fourth-order valence-corrected chi connectivity index (χ4v) is 1.97. The summed E-state index contributed by atoms with van der Waals surface area (Å²) >= 11 is 0. The van der Waals surface area contributed by atoms with E-state index >= 15 is 0 Å². The van der Waals surface area contributed by atoms with E-state index in [0.717, 1.165) is 0 Å². The van der Waals surface area contributed by atoms with Crippen LogP contribution in [0.1, 0.15) is 24.2 Å². The summed E-state index contributed by atoms with van der Waals surface area (Å²) < 4.78 is 24.5. The van der Waals surface area contributed by atoms with Gasteiger partial charge in [0, 0.05) is 11.6 Å². The zero-order chi connectivity index (χ0) is 15.9. The molecular formula is C17H16FNO3. The molecule has 1 N–H and O–H groups in total. The van der Waals surface area contributed by atoms with Crippen LogP contribution in [0, 0.1) is 17.1 Å². The highest BCUT2D eigenvalue weighted by atomic mass is 19.1. The van der Waals surface area contributed by atoms with E-state index in [-0.39, 0.29) is 12.2 Å². The third-order valence-electron chi connectivity index (χ3n) is 3.03. The summed E-state index contributed by atoms with van der Waals surface area (Å²) in [5, 5.41) is 18.9. The molecule has 0 saturated heterocycles. The lowest BCUT2D eigenvalue weighted by Gasteiger charge is -2.16. The van der Waals surface area contributed by atoms with Gasteiger partial charge < -0.3 is 14.6 Å². The number of aliphatic hydroxyl groups excluding tert-OH is 1. The second kappa shape index (κ2) is 7.43. The Bertz CT molecular complexity index is 682. The predicted molar refractivity (Wildman–Crippen MR) is 79.2 cm³/mol. The Hall–Kier alpha value is -2.58. The van der Waals surface area contributed by atoms with Gasteiger partial charge >= 0.3 is 0 Å². The average Bonchev–Trinajstić information content (AvgIpc) is 2.54. The maximum absolute atomic E-state index is 13.6. The summed E-state index contributed by atoms with van der Waals surface area (Å²) in [6.07, 6.45) is -1.09. The maximum Gasteiger partial charge on any atom is 0.162 e. The van der Waals surface area contributed by atoms with Crippen LogP contribution in [0.4, 0.5) is 4.39 Å². The van der Waals surface area contributed by atoms with Crippen molar-refractivity contribution < 1.29 is 19.0 Å². The quantitative estimate of drug-likeness (QED) is 0.890. The average molecular weight is 301 g/mol. The Kier molecular flexibility index (Phi) is 5.34. The third kappa shape index (κ3) is 3.74. The van der Waals surface area contributed by atoms with Gasteiger partial charge in [-0.1, -0.05) is 18.2 Å². The van der Waals surface area contributed by atoms with Crippen molar-refractivity contribution in [2.45, 2.75) is 13.0 Å². The fraction of sp³-hybridized carbons (Fsp3) is 0.235. The topological polar surface area (TPSA) is 62.5 Å². The lowest BCUT2D eigenvalue weighted by Crippen LogP contribution is -2.12. The van der Waals surface area contributed by atoms with Gasteiger partial charge in [-0.2, -0.15) is 5.26 Å². The van der Waals surface area contributed by atoms with Gasteiger partial charge in [-0.15, -0.1) is 0 Å². The van der Waals surface area contributed by atoms with E-state index < -0.39 is 11.9 Å². The summed E-state index contributed by atoms with van der Waals surface area (Å²) in [5.41, 5.74) is 0.625. The second-order valence-electron chi connectivity index (χ2n) is 4.55. The Morgan fingerprint density at radius 3 is 2.64 bits per heavy atom. The first kappa shape index (κ1) is 15.8. The molecule has 2 rings (SSSR count). The SMILES string of the molecule is CCOc1cc(C#N)ccc1OC[C@@H](O)c1ccccc1F. The molecule has 0 amide bonds. The van der Waals surface area contributed by atoms with E-state index in [0.29, 0.717) is 23.7 Å². The molecular weight excluding hydrogens is 285 g/mol. The Morgan fingerprint density at radius 2 is 1.95 bits per heavy atom. The monoisotopic (exact) mass is 301 g/mol.